The van der Waals surface area contributed by atoms with E-state index in [0.29, 0.717) is 6.42 Å². The van der Waals surface area contributed by atoms with E-state index in [4.69, 9.17) is 4.42 Å². The topological polar surface area (TPSA) is 71.6 Å². The Bertz CT molecular complexity index is 1140. The van der Waals surface area contributed by atoms with Gasteiger partial charge in [-0.15, -0.1) is 0 Å². The van der Waals surface area contributed by atoms with Crippen LogP contribution in [0.15, 0.2) is 75.3 Å². The number of carbonyl (C=O) groups excluding carboxylic acids is 1. The molecule has 0 spiro atoms. The first-order valence-electron chi connectivity index (χ1n) is 8.47. The van der Waals surface area contributed by atoms with Crippen LogP contribution in [0.2, 0.25) is 0 Å². The third kappa shape index (κ3) is 2.82. The van der Waals surface area contributed by atoms with Crippen molar-refractivity contribution in [1.82, 2.24) is 15.0 Å². The number of carbonyl (C=O) groups is 1. The second kappa shape index (κ2) is 6.44. The number of benzene rings is 1. The van der Waals surface area contributed by atoms with Gasteiger partial charge in [-0.2, -0.15) is 16.4 Å². The van der Waals surface area contributed by atoms with Crippen LogP contribution in [-0.4, -0.2) is 26.6 Å². The highest BCUT2D eigenvalue weighted by Crippen LogP contribution is 2.35. The minimum Gasteiger partial charge on any atom is -0.459 e. The van der Waals surface area contributed by atoms with E-state index in [1.807, 2.05) is 35.0 Å². The monoisotopic (exact) mass is 374 g/mol. The standard InChI is InChI=1S/C20H14N4O2S/c25-20(19-2-1-8-26-19)24-18(11-16(23-24)14-5-9-27-12-14)13-3-4-15-17(10-13)22-7-6-21-15/h1-10,12,18H,11H2/t18-/m1/s1. The molecule has 132 valence electrons. The van der Waals surface area contributed by atoms with Crippen LogP contribution >= 0.6 is 11.3 Å². The summed E-state index contributed by atoms with van der Waals surface area (Å²) in [6, 6.07) is 11.0. The molecular weight excluding hydrogens is 360 g/mol. The van der Waals surface area contributed by atoms with Crippen molar-refractivity contribution >= 4 is 34.0 Å². The van der Waals surface area contributed by atoms with E-state index in [-0.39, 0.29) is 17.7 Å². The predicted molar refractivity (Wildman–Crippen MR) is 103 cm³/mol. The highest BCUT2D eigenvalue weighted by Gasteiger charge is 2.35. The number of thiophene rings is 1. The molecule has 1 atom stereocenters. The second-order valence-electron chi connectivity index (χ2n) is 6.21. The highest BCUT2D eigenvalue weighted by atomic mass is 32.1. The predicted octanol–water partition coefficient (Wildman–Crippen LogP) is 4.28. The first-order valence-corrected chi connectivity index (χ1v) is 9.42. The molecule has 3 aromatic heterocycles. The number of nitrogens with zero attached hydrogens (tertiary/aromatic N) is 4. The van der Waals surface area contributed by atoms with Crippen molar-refractivity contribution in [2.45, 2.75) is 12.5 Å². The summed E-state index contributed by atoms with van der Waals surface area (Å²) >= 11 is 1.61. The largest absolute Gasteiger partial charge is 0.459 e. The van der Waals surface area contributed by atoms with Crippen molar-refractivity contribution in [2.24, 2.45) is 5.10 Å². The molecule has 27 heavy (non-hydrogen) atoms. The van der Waals surface area contributed by atoms with Gasteiger partial charge in [0, 0.05) is 24.4 Å². The summed E-state index contributed by atoms with van der Waals surface area (Å²) in [6.45, 7) is 0. The SMILES string of the molecule is O=C(c1ccco1)N1N=C(c2ccsc2)C[C@@H]1c1ccc2nccnc2c1. The summed E-state index contributed by atoms with van der Waals surface area (Å²) in [7, 11) is 0. The number of aromatic nitrogens is 2. The van der Waals surface area contributed by atoms with E-state index >= 15 is 0 Å². The maximum atomic E-state index is 13.0. The average molecular weight is 374 g/mol. The van der Waals surface area contributed by atoms with Gasteiger partial charge in [0.25, 0.3) is 0 Å². The molecule has 4 heterocycles. The van der Waals surface area contributed by atoms with Gasteiger partial charge in [-0.1, -0.05) is 6.07 Å². The quantitative estimate of drug-likeness (QED) is 0.537. The van der Waals surface area contributed by atoms with Crippen molar-refractivity contribution < 1.29 is 9.21 Å². The molecule has 0 radical (unpaired) electrons. The van der Waals surface area contributed by atoms with Crippen LogP contribution in [0.25, 0.3) is 11.0 Å². The van der Waals surface area contributed by atoms with Crippen molar-refractivity contribution in [2.75, 3.05) is 0 Å². The fourth-order valence-corrected chi connectivity index (χ4v) is 3.93. The van der Waals surface area contributed by atoms with Crippen LogP contribution in [0.5, 0.6) is 0 Å². The van der Waals surface area contributed by atoms with E-state index in [1.165, 1.54) is 11.3 Å². The van der Waals surface area contributed by atoms with Gasteiger partial charge in [-0.05, 0) is 46.7 Å². The van der Waals surface area contributed by atoms with Crippen LogP contribution in [0.3, 0.4) is 0 Å². The molecule has 7 heteroatoms. The van der Waals surface area contributed by atoms with Gasteiger partial charge in [0.1, 0.15) is 0 Å². The molecule has 1 aromatic carbocycles. The Kier molecular flexibility index (Phi) is 3.79. The molecule has 0 unspecified atom stereocenters. The Balaban J connectivity index is 1.57. The summed E-state index contributed by atoms with van der Waals surface area (Å²) in [5.41, 5.74) is 4.52. The van der Waals surface area contributed by atoms with Gasteiger partial charge >= 0.3 is 5.91 Å². The van der Waals surface area contributed by atoms with Crippen LogP contribution in [-0.2, 0) is 0 Å². The van der Waals surface area contributed by atoms with Crippen molar-refractivity contribution in [3.05, 3.63) is 82.7 Å². The molecule has 0 saturated heterocycles. The summed E-state index contributed by atoms with van der Waals surface area (Å²) in [5.74, 6) is 0.0189. The van der Waals surface area contributed by atoms with Gasteiger partial charge in [0.15, 0.2) is 5.76 Å². The third-order valence-electron chi connectivity index (χ3n) is 4.58. The molecule has 4 aromatic rings. The smallest absolute Gasteiger partial charge is 0.310 e. The first-order chi connectivity index (χ1) is 13.3. The number of hydrogen-bond donors (Lipinski definition) is 0. The summed E-state index contributed by atoms with van der Waals surface area (Å²) in [4.78, 5) is 21.7. The third-order valence-corrected chi connectivity index (χ3v) is 5.27. The highest BCUT2D eigenvalue weighted by molar-refractivity contribution is 7.08. The van der Waals surface area contributed by atoms with Crippen LogP contribution in [0.1, 0.15) is 34.1 Å². The van der Waals surface area contributed by atoms with Gasteiger partial charge < -0.3 is 4.42 Å². The average Bonchev–Trinajstić information content (AvgIpc) is 3.48. The first kappa shape index (κ1) is 15.9. The molecule has 0 bridgehead atoms. The van der Waals surface area contributed by atoms with E-state index in [0.717, 1.165) is 27.9 Å². The number of amides is 1. The number of hydrazone groups is 1. The molecule has 1 aliphatic rings. The van der Waals surface area contributed by atoms with Gasteiger partial charge in [0.2, 0.25) is 0 Å². The van der Waals surface area contributed by atoms with Crippen molar-refractivity contribution in [3.8, 4) is 0 Å². The lowest BCUT2D eigenvalue weighted by Gasteiger charge is -2.21. The summed E-state index contributed by atoms with van der Waals surface area (Å²) in [6.07, 6.45) is 5.46. The zero-order valence-electron chi connectivity index (χ0n) is 14.1. The Morgan fingerprint density at radius 2 is 2.04 bits per heavy atom. The Morgan fingerprint density at radius 1 is 1.15 bits per heavy atom. The fourth-order valence-electron chi connectivity index (χ4n) is 3.26. The number of rotatable bonds is 3. The van der Waals surface area contributed by atoms with Crippen LogP contribution in [0, 0.1) is 0 Å². The Labute approximate surface area is 158 Å². The summed E-state index contributed by atoms with van der Waals surface area (Å²) in [5, 5.41) is 10.2. The van der Waals surface area contributed by atoms with E-state index in [2.05, 4.69) is 15.1 Å². The summed E-state index contributed by atoms with van der Waals surface area (Å²) < 4.78 is 5.31. The maximum absolute atomic E-state index is 13.0. The minimum absolute atomic E-state index is 0.219. The van der Waals surface area contributed by atoms with E-state index < -0.39 is 0 Å². The molecule has 0 N–H and O–H groups in total. The van der Waals surface area contributed by atoms with Crippen LogP contribution < -0.4 is 0 Å². The van der Waals surface area contributed by atoms with E-state index in [1.54, 1.807) is 35.9 Å². The minimum atomic E-state index is -0.255. The van der Waals surface area contributed by atoms with Crippen LogP contribution in [0.4, 0.5) is 0 Å². The lowest BCUT2D eigenvalue weighted by Crippen LogP contribution is -2.26. The van der Waals surface area contributed by atoms with E-state index in [9.17, 15) is 4.79 Å². The van der Waals surface area contributed by atoms with Gasteiger partial charge in [0.05, 0.1) is 29.1 Å². The fraction of sp³-hybridized carbons (Fsp3) is 0.100. The lowest BCUT2D eigenvalue weighted by molar-refractivity contribution is 0.0678. The molecule has 1 aliphatic heterocycles. The van der Waals surface area contributed by atoms with Gasteiger partial charge in [-0.25, -0.2) is 5.01 Å². The zero-order chi connectivity index (χ0) is 18.2. The number of hydrogen-bond acceptors (Lipinski definition) is 6. The zero-order valence-corrected chi connectivity index (χ0v) is 15.0. The molecule has 5 rings (SSSR count). The molecule has 0 fully saturated rings. The Hall–Kier alpha value is -3.32. The number of furan rings is 1. The lowest BCUT2D eigenvalue weighted by atomic mass is 9.99. The number of fused-ring (bicyclic) bond motifs is 1. The van der Waals surface area contributed by atoms with Crippen molar-refractivity contribution in [1.29, 1.82) is 0 Å². The maximum Gasteiger partial charge on any atom is 0.310 e. The molecule has 0 saturated carbocycles. The van der Waals surface area contributed by atoms with Gasteiger partial charge in [-0.3, -0.25) is 14.8 Å². The molecule has 1 amide bonds. The molecule has 0 aliphatic carbocycles. The normalized spacial score (nSPS) is 16.7. The second-order valence-corrected chi connectivity index (χ2v) is 6.99. The molecular formula is C20H14N4O2S. The van der Waals surface area contributed by atoms with Crippen molar-refractivity contribution in [3.63, 3.8) is 0 Å². The molecule has 6 nitrogen and oxygen atoms in total. The Morgan fingerprint density at radius 3 is 2.81 bits per heavy atom.